The van der Waals surface area contributed by atoms with Crippen molar-refractivity contribution in [1.82, 2.24) is 5.32 Å². The minimum atomic E-state index is 0.0290. The minimum Gasteiger partial charge on any atom is -0.299 e. The third-order valence-electron chi connectivity index (χ3n) is 6.62. The second kappa shape index (κ2) is 11.9. The summed E-state index contributed by atoms with van der Waals surface area (Å²) in [5.74, 6) is 0.344. The van der Waals surface area contributed by atoms with Crippen molar-refractivity contribution in [2.75, 3.05) is 13.1 Å². The van der Waals surface area contributed by atoms with Gasteiger partial charge in [0.15, 0.2) is 11.6 Å². The van der Waals surface area contributed by atoms with Crippen LogP contribution in [0.1, 0.15) is 39.4 Å². The van der Waals surface area contributed by atoms with Crippen LogP contribution in [0.4, 0.5) is 0 Å². The van der Waals surface area contributed by atoms with E-state index in [1.54, 1.807) is 0 Å². The lowest BCUT2D eigenvalue weighted by Gasteiger charge is -2.19. The summed E-state index contributed by atoms with van der Waals surface area (Å²) in [5.41, 5.74) is 7.14. The summed E-state index contributed by atoms with van der Waals surface area (Å²) in [6.07, 6.45) is 0.898. The van der Waals surface area contributed by atoms with E-state index in [4.69, 9.17) is 23.2 Å². The zero-order valence-electron chi connectivity index (χ0n) is 20.7. The number of carbonyl (C=O) groups is 2. The van der Waals surface area contributed by atoms with Crippen LogP contribution in [0.2, 0.25) is 10.0 Å². The topological polar surface area (TPSA) is 58.5 Å². The Morgan fingerprint density at radius 1 is 0.711 bits per heavy atom. The third-order valence-corrected chi connectivity index (χ3v) is 7.09. The van der Waals surface area contributed by atoms with Crippen molar-refractivity contribution < 1.29 is 9.59 Å². The first-order chi connectivity index (χ1) is 18.5. The SMILES string of the molecule is O=C1CN=C(c2ccccc2)c2cc(Cl)ccc2C1.O=C1CNC(c2ccccc2)c2cc(Cl)ccc2C1. The Hall–Kier alpha value is -3.57. The van der Waals surface area contributed by atoms with Gasteiger partial charge in [-0.25, -0.2) is 0 Å². The fraction of sp³-hybridized carbons (Fsp3) is 0.156. The van der Waals surface area contributed by atoms with Gasteiger partial charge in [-0.05, 0) is 46.5 Å². The van der Waals surface area contributed by atoms with Gasteiger partial charge in [-0.1, -0.05) is 96.0 Å². The number of benzene rings is 4. The molecule has 0 fully saturated rings. The second-order valence-electron chi connectivity index (χ2n) is 9.33. The van der Waals surface area contributed by atoms with E-state index >= 15 is 0 Å². The number of hydrogen-bond acceptors (Lipinski definition) is 4. The van der Waals surface area contributed by atoms with E-state index in [2.05, 4.69) is 22.4 Å². The van der Waals surface area contributed by atoms with Crippen molar-refractivity contribution in [2.45, 2.75) is 18.9 Å². The van der Waals surface area contributed by atoms with Gasteiger partial charge in [-0.15, -0.1) is 0 Å². The van der Waals surface area contributed by atoms with Crippen LogP contribution in [0.5, 0.6) is 0 Å². The van der Waals surface area contributed by atoms with E-state index in [0.29, 0.717) is 29.4 Å². The van der Waals surface area contributed by atoms with E-state index in [1.165, 1.54) is 0 Å². The highest BCUT2D eigenvalue weighted by Crippen LogP contribution is 2.30. The van der Waals surface area contributed by atoms with Gasteiger partial charge in [0.1, 0.15) is 0 Å². The summed E-state index contributed by atoms with van der Waals surface area (Å²) in [7, 11) is 0. The fourth-order valence-electron chi connectivity index (χ4n) is 4.83. The summed E-state index contributed by atoms with van der Waals surface area (Å²) < 4.78 is 0. The highest BCUT2D eigenvalue weighted by Gasteiger charge is 2.23. The summed E-state index contributed by atoms with van der Waals surface area (Å²) in [4.78, 5) is 28.0. The van der Waals surface area contributed by atoms with Gasteiger partial charge in [-0.2, -0.15) is 0 Å². The molecule has 2 aliphatic rings. The van der Waals surface area contributed by atoms with Crippen LogP contribution >= 0.6 is 23.2 Å². The molecule has 0 saturated heterocycles. The Labute approximate surface area is 232 Å². The molecule has 2 aliphatic heterocycles. The highest BCUT2D eigenvalue weighted by atomic mass is 35.5. The second-order valence-corrected chi connectivity index (χ2v) is 10.2. The van der Waals surface area contributed by atoms with Gasteiger partial charge in [0.05, 0.1) is 24.8 Å². The molecule has 6 rings (SSSR count). The molecule has 4 nitrogen and oxygen atoms in total. The molecule has 0 aliphatic carbocycles. The number of Topliss-reactive ketones (excluding diaryl/α,β-unsaturated/α-hetero) is 2. The first kappa shape index (κ1) is 26.1. The normalized spacial score (nSPS) is 16.7. The molecule has 0 aromatic heterocycles. The maximum absolute atomic E-state index is 11.8. The Morgan fingerprint density at radius 3 is 2.08 bits per heavy atom. The van der Waals surface area contributed by atoms with Crippen LogP contribution < -0.4 is 5.32 Å². The zero-order chi connectivity index (χ0) is 26.5. The molecule has 1 N–H and O–H groups in total. The first-order valence-electron chi connectivity index (χ1n) is 12.5. The Balaban J connectivity index is 0.000000155. The maximum atomic E-state index is 11.8. The molecule has 190 valence electrons. The first-order valence-corrected chi connectivity index (χ1v) is 13.2. The van der Waals surface area contributed by atoms with E-state index in [9.17, 15) is 9.59 Å². The zero-order valence-corrected chi connectivity index (χ0v) is 22.2. The van der Waals surface area contributed by atoms with Crippen LogP contribution in [-0.2, 0) is 22.4 Å². The molecular weight excluding hydrogens is 515 g/mol. The number of rotatable bonds is 2. The number of carbonyl (C=O) groups excluding carboxylic acids is 2. The van der Waals surface area contributed by atoms with Gasteiger partial charge >= 0.3 is 0 Å². The van der Waals surface area contributed by atoms with Crippen molar-refractivity contribution in [2.24, 2.45) is 4.99 Å². The molecule has 4 aromatic rings. The predicted octanol–water partition coefficient (Wildman–Crippen LogP) is 6.45. The number of hydrogen-bond donors (Lipinski definition) is 1. The Morgan fingerprint density at radius 2 is 1.34 bits per heavy atom. The van der Waals surface area contributed by atoms with E-state index < -0.39 is 0 Å². The van der Waals surface area contributed by atoms with Crippen LogP contribution in [-0.4, -0.2) is 30.4 Å². The molecule has 0 bridgehead atoms. The van der Waals surface area contributed by atoms with Crippen LogP contribution in [0.3, 0.4) is 0 Å². The van der Waals surface area contributed by atoms with Crippen molar-refractivity contribution in [1.29, 1.82) is 0 Å². The largest absolute Gasteiger partial charge is 0.299 e. The van der Waals surface area contributed by atoms with E-state index in [1.807, 2.05) is 84.9 Å². The fourth-order valence-corrected chi connectivity index (χ4v) is 5.18. The molecule has 0 spiro atoms. The summed E-state index contributed by atoms with van der Waals surface area (Å²) in [5, 5.41) is 4.69. The molecule has 2 heterocycles. The summed E-state index contributed by atoms with van der Waals surface area (Å²) in [6.45, 7) is 0.627. The van der Waals surface area contributed by atoms with Crippen molar-refractivity contribution in [3.63, 3.8) is 0 Å². The standard InChI is InChI=1S/C16H14ClNO.C16H12ClNO/c2*17-13-7-6-12-8-14(19)10-18-16(15(12)9-13)11-4-2-1-3-5-11/h1-7,9,16,18H,8,10H2;1-7,9H,8,10H2. The van der Waals surface area contributed by atoms with Gasteiger partial charge in [0.2, 0.25) is 0 Å². The van der Waals surface area contributed by atoms with Gasteiger partial charge < -0.3 is 0 Å². The molecule has 38 heavy (non-hydrogen) atoms. The van der Waals surface area contributed by atoms with Crippen LogP contribution in [0, 0.1) is 0 Å². The molecule has 0 radical (unpaired) electrons. The maximum Gasteiger partial charge on any atom is 0.158 e. The van der Waals surface area contributed by atoms with Gasteiger partial charge in [0, 0.05) is 34.0 Å². The smallest absolute Gasteiger partial charge is 0.158 e. The number of fused-ring (bicyclic) bond motifs is 2. The lowest BCUT2D eigenvalue weighted by atomic mass is 9.94. The lowest BCUT2D eigenvalue weighted by molar-refractivity contribution is -0.118. The molecule has 1 unspecified atom stereocenters. The predicted molar refractivity (Wildman–Crippen MR) is 154 cm³/mol. The number of ketones is 2. The number of halogens is 2. The molecule has 4 aromatic carbocycles. The van der Waals surface area contributed by atoms with Crippen LogP contribution in [0.15, 0.2) is 102 Å². The monoisotopic (exact) mass is 540 g/mol. The molecule has 1 atom stereocenters. The van der Waals surface area contributed by atoms with E-state index in [0.717, 1.165) is 39.1 Å². The van der Waals surface area contributed by atoms with Crippen LogP contribution in [0.25, 0.3) is 0 Å². The number of nitrogens with zero attached hydrogens (tertiary/aromatic N) is 1. The third kappa shape index (κ3) is 6.11. The minimum absolute atomic E-state index is 0.0290. The van der Waals surface area contributed by atoms with E-state index in [-0.39, 0.29) is 24.2 Å². The number of nitrogens with one attached hydrogen (secondary N) is 1. The average molecular weight is 541 g/mol. The van der Waals surface area contributed by atoms with Gasteiger partial charge in [0.25, 0.3) is 0 Å². The molecule has 6 heteroatoms. The summed E-state index contributed by atoms with van der Waals surface area (Å²) >= 11 is 12.2. The molecule has 0 saturated carbocycles. The summed E-state index contributed by atoms with van der Waals surface area (Å²) in [6, 6.07) is 31.5. The van der Waals surface area contributed by atoms with Gasteiger partial charge in [-0.3, -0.25) is 19.9 Å². The Kier molecular flexibility index (Phi) is 8.14. The van der Waals surface area contributed by atoms with Crippen molar-refractivity contribution >= 4 is 40.5 Å². The van der Waals surface area contributed by atoms with Crippen molar-refractivity contribution in [3.8, 4) is 0 Å². The quantitative estimate of drug-likeness (QED) is 0.318. The molecule has 0 amide bonds. The lowest BCUT2D eigenvalue weighted by Crippen LogP contribution is -2.25. The number of aliphatic imine (C=N–C) groups is 1. The average Bonchev–Trinajstić information content (AvgIpc) is 3.20. The van der Waals surface area contributed by atoms with Crippen molar-refractivity contribution in [3.05, 3.63) is 140 Å². The molecular formula is C32H26Cl2N2O2. The highest BCUT2D eigenvalue weighted by molar-refractivity contribution is 6.31. The Bertz CT molecular complexity index is 1500.